The van der Waals surface area contributed by atoms with Gasteiger partial charge in [-0.05, 0) is 36.6 Å². The average molecular weight is 262 g/mol. The van der Waals surface area contributed by atoms with Gasteiger partial charge in [-0.15, -0.1) is 0 Å². The van der Waals surface area contributed by atoms with E-state index in [2.05, 4.69) is 23.5 Å². The highest BCUT2D eigenvalue weighted by molar-refractivity contribution is 6.30. The number of hydrogen-bond acceptors (Lipinski definition) is 2. The van der Waals surface area contributed by atoms with Gasteiger partial charge < -0.3 is 9.73 Å². The second-order valence-corrected chi connectivity index (χ2v) is 5.19. The van der Waals surface area contributed by atoms with Gasteiger partial charge in [0.15, 0.2) is 0 Å². The van der Waals surface area contributed by atoms with Crippen LogP contribution in [0.2, 0.25) is 5.02 Å². The Balaban J connectivity index is 1.66. The first kappa shape index (κ1) is 11.8. The van der Waals surface area contributed by atoms with Crippen LogP contribution >= 0.6 is 11.6 Å². The zero-order valence-electron chi connectivity index (χ0n) is 10.2. The first-order valence-corrected chi connectivity index (χ1v) is 6.75. The Bertz CT molecular complexity index is 518. The summed E-state index contributed by atoms with van der Waals surface area (Å²) in [5.41, 5.74) is 2.59. The molecule has 1 aromatic carbocycles. The molecule has 1 aliphatic carbocycles. The maximum Gasteiger partial charge on any atom is 0.108 e. The van der Waals surface area contributed by atoms with E-state index in [9.17, 15) is 0 Å². The van der Waals surface area contributed by atoms with Crippen molar-refractivity contribution < 1.29 is 4.42 Å². The Kier molecular flexibility index (Phi) is 3.39. The van der Waals surface area contributed by atoms with Crippen LogP contribution in [0.5, 0.6) is 0 Å². The number of benzene rings is 1. The van der Waals surface area contributed by atoms with Crippen LogP contribution in [0.4, 0.5) is 0 Å². The molecule has 1 aliphatic rings. The molecule has 2 nitrogen and oxygen atoms in total. The summed E-state index contributed by atoms with van der Waals surface area (Å²) < 4.78 is 5.50. The molecule has 1 atom stereocenters. The summed E-state index contributed by atoms with van der Waals surface area (Å²) in [5.74, 6) is 1.15. The smallest absolute Gasteiger partial charge is 0.108 e. The van der Waals surface area contributed by atoms with Crippen molar-refractivity contribution in [2.45, 2.75) is 31.8 Å². The molecule has 0 amide bonds. The van der Waals surface area contributed by atoms with Gasteiger partial charge in [0.05, 0.1) is 6.26 Å². The summed E-state index contributed by atoms with van der Waals surface area (Å²) in [5, 5.41) is 4.38. The second kappa shape index (κ2) is 5.17. The third kappa shape index (κ3) is 2.45. The Hall–Kier alpha value is -1.25. The van der Waals surface area contributed by atoms with Crippen LogP contribution in [0.1, 0.15) is 35.8 Å². The number of furan rings is 1. The molecular formula is C15H16ClNO. The maximum absolute atomic E-state index is 5.88. The lowest BCUT2D eigenvalue weighted by atomic mass is 9.93. The minimum atomic E-state index is 0.420. The van der Waals surface area contributed by atoms with E-state index in [-0.39, 0.29) is 0 Å². The summed E-state index contributed by atoms with van der Waals surface area (Å²) in [6.45, 7) is 0.868. The first-order chi connectivity index (χ1) is 8.83. The molecule has 1 N–H and O–H groups in total. The van der Waals surface area contributed by atoms with E-state index in [0.717, 1.165) is 23.7 Å². The van der Waals surface area contributed by atoms with Crippen molar-refractivity contribution in [1.29, 1.82) is 0 Å². The number of fused-ring (bicyclic) bond motifs is 1. The molecule has 3 heteroatoms. The molecule has 0 fully saturated rings. The Morgan fingerprint density at radius 2 is 2.06 bits per heavy atom. The number of aryl methyl sites for hydroxylation is 1. The highest BCUT2D eigenvalue weighted by Gasteiger charge is 2.21. The Morgan fingerprint density at radius 1 is 1.22 bits per heavy atom. The molecule has 0 aliphatic heterocycles. The van der Waals surface area contributed by atoms with Gasteiger partial charge in [0.1, 0.15) is 5.76 Å². The van der Waals surface area contributed by atoms with Gasteiger partial charge in [0, 0.05) is 29.6 Å². The van der Waals surface area contributed by atoms with Gasteiger partial charge in [-0.3, -0.25) is 0 Å². The normalized spacial score (nSPS) is 18.6. The van der Waals surface area contributed by atoms with Crippen LogP contribution in [-0.2, 0) is 13.0 Å². The minimum Gasteiger partial charge on any atom is -0.469 e. The highest BCUT2D eigenvalue weighted by Crippen LogP contribution is 2.30. The van der Waals surface area contributed by atoms with Crippen LogP contribution in [0.25, 0.3) is 0 Å². The van der Waals surface area contributed by atoms with E-state index in [4.69, 9.17) is 16.0 Å². The lowest BCUT2D eigenvalue weighted by Crippen LogP contribution is -2.23. The molecular weight excluding hydrogens is 246 g/mol. The summed E-state index contributed by atoms with van der Waals surface area (Å²) in [4.78, 5) is 0. The second-order valence-electron chi connectivity index (χ2n) is 4.75. The lowest BCUT2D eigenvalue weighted by molar-refractivity contribution is 0.411. The van der Waals surface area contributed by atoms with E-state index in [1.807, 2.05) is 12.1 Å². The monoisotopic (exact) mass is 261 g/mol. The van der Waals surface area contributed by atoms with Crippen LogP contribution < -0.4 is 5.32 Å². The van der Waals surface area contributed by atoms with E-state index in [1.165, 1.54) is 24.0 Å². The topological polar surface area (TPSA) is 25.2 Å². The fourth-order valence-electron chi connectivity index (χ4n) is 2.54. The van der Waals surface area contributed by atoms with Gasteiger partial charge in [-0.2, -0.15) is 0 Å². The largest absolute Gasteiger partial charge is 0.469 e. The molecule has 94 valence electrons. The third-order valence-electron chi connectivity index (χ3n) is 3.52. The molecule has 3 rings (SSSR count). The average Bonchev–Trinajstić information content (AvgIpc) is 2.87. The summed E-state index contributed by atoms with van der Waals surface area (Å²) in [6.07, 6.45) is 5.24. The maximum atomic E-state index is 5.88. The molecule has 0 radical (unpaired) electrons. The zero-order valence-corrected chi connectivity index (χ0v) is 10.9. The Labute approximate surface area is 112 Å². The van der Waals surface area contributed by atoms with Crippen molar-refractivity contribution in [3.8, 4) is 0 Å². The summed E-state index contributed by atoms with van der Waals surface area (Å²) in [7, 11) is 0. The van der Waals surface area contributed by atoms with Crippen LogP contribution in [-0.4, -0.2) is 0 Å². The number of nitrogens with one attached hydrogen (secondary N) is 1. The van der Waals surface area contributed by atoms with Crippen molar-refractivity contribution >= 4 is 11.6 Å². The quantitative estimate of drug-likeness (QED) is 0.900. The molecule has 18 heavy (non-hydrogen) atoms. The molecule has 2 aromatic rings. The number of rotatable bonds is 3. The molecule has 1 unspecified atom stereocenters. The van der Waals surface area contributed by atoms with Crippen molar-refractivity contribution in [1.82, 2.24) is 5.32 Å². The van der Waals surface area contributed by atoms with Gasteiger partial charge in [0.2, 0.25) is 0 Å². The van der Waals surface area contributed by atoms with Gasteiger partial charge in [0.25, 0.3) is 0 Å². The van der Waals surface area contributed by atoms with Crippen LogP contribution in [0.3, 0.4) is 0 Å². The molecule has 0 spiro atoms. The fraction of sp³-hybridized carbons (Fsp3) is 0.333. The molecule has 1 aromatic heterocycles. The predicted molar refractivity (Wildman–Crippen MR) is 72.7 cm³/mol. The van der Waals surface area contributed by atoms with E-state index in [0.29, 0.717) is 6.04 Å². The first-order valence-electron chi connectivity index (χ1n) is 6.37. The van der Waals surface area contributed by atoms with Gasteiger partial charge >= 0.3 is 0 Å². The highest BCUT2D eigenvalue weighted by atomic mass is 35.5. The van der Waals surface area contributed by atoms with Gasteiger partial charge in [-0.25, -0.2) is 0 Å². The lowest BCUT2D eigenvalue weighted by Gasteiger charge is -2.22. The van der Waals surface area contributed by atoms with E-state index >= 15 is 0 Å². The van der Waals surface area contributed by atoms with Crippen LogP contribution in [0, 0.1) is 0 Å². The standard InChI is InChI=1S/C15H16ClNO/c16-12-6-4-11(5-7-12)10-17-14-2-1-3-15-13(14)8-9-18-15/h4-9,14,17H,1-3,10H2. The van der Waals surface area contributed by atoms with Crippen molar-refractivity contribution in [2.24, 2.45) is 0 Å². The number of halogens is 1. The summed E-state index contributed by atoms with van der Waals surface area (Å²) >= 11 is 5.88. The SMILES string of the molecule is Clc1ccc(CNC2CCCc3occc32)cc1. The minimum absolute atomic E-state index is 0.420. The third-order valence-corrected chi connectivity index (χ3v) is 3.77. The van der Waals surface area contributed by atoms with Crippen molar-refractivity contribution in [3.05, 3.63) is 58.5 Å². The molecule has 0 saturated heterocycles. The van der Waals surface area contributed by atoms with E-state index in [1.54, 1.807) is 6.26 Å². The van der Waals surface area contributed by atoms with E-state index < -0.39 is 0 Å². The van der Waals surface area contributed by atoms with Crippen LogP contribution in [0.15, 0.2) is 41.0 Å². The fourth-order valence-corrected chi connectivity index (χ4v) is 2.67. The number of hydrogen-bond donors (Lipinski definition) is 1. The van der Waals surface area contributed by atoms with Crippen molar-refractivity contribution in [3.63, 3.8) is 0 Å². The predicted octanol–water partition coefficient (Wildman–Crippen LogP) is 4.10. The zero-order chi connectivity index (χ0) is 12.4. The van der Waals surface area contributed by atoms with Crippen molar-refractivity contribution in [2.75, 3.05) is 0 Å². The Morgan fingerprint density at radius 3 is 2.89 bits per heavy atom. The molecule has 0 bridgehead atoms. The molecule has 0 saturated carbocycles. The summed E-state index contributed by atoms with van der Waals surface area (Å²) in [6, 6.07) is 10.5. The molecule has 1 heterocycles. The van der Waals surface area contributed by atoms with Gasteiger partial charge in [-0.1, -0.05) is 23.7 Å².